The van der Waals surface area contributed by atoms with Crippen LogP contribution in [0.15, 0.2) is 0 Å². The molecular formula is C13H22ClNO2. The third-order valence-corrected chi connectivity index (χ3v) is 4.06. The van der Waals surface area contributed by atoms with E-state index in [0.717, 1.165) is 38.8 Å². The lowest BCUT2D eigenvalue weighted by molar-refractivity contribution is -0.136. The molecule has 2 atom stereocenters. The van der Waals surface area contributed by atoms with Crippen molar-refractivity contribution in [1.82, 2.24) is 4.90 Å². The number of halogens is 1. The highest BCUT2D eigenvalue weighted by Gasteiger charge is 2.35. The molecule has 0 radical (unpaired) electrons. The molecule has 2 rings (SSSR count). The maximum Gasteiger partial charge on any atom is 0.222 e. The zero-order chi connectivity index (χ0) is 12.1. The van der Waals surface area contributed by atoms with Crippen molar-refractivity contribution in [2.45, 2.75) is 57.1 Å². The number of nitrogens with zero attached hydrogens (tertiary/aromatic N) is 1. The van der Waals surface area contributed by atoms with Crippen molar-refractivity contribution in [3.63, 3.8) is 0 Å². The topological polar surface area (TPSA) is 29.5 Å². The minimum atomic E-state index is 0.266. The van der Waals surface area contributed by atoms with Crippen LogP contribution in [-0.4, -0.2) is 42.0 Å². The normalized spacial score (nSPS) is 29.6. The number of amides is 1. The Balaban J connectivity index is 1.89. The minimum absolute atomic E-state index is 0.266. The molecule has 0 aliphatic carbocycles. The lowest BCUT2D eigenvalue weighted by atomic mass is 10.00. The summed E-state index contributed by atoms with van der Waals surface area (Å²) < 4.78 is 5.83. The zero-order valence-corrected chi connectivity index (χ0v) is 11.1. The molecule has 0 aromatic heterocycles. The van der Waals surface area contributed by atoms with Gasteiger partial charge in [-0.2, -0.15) is 0 Å². The van der Waals surface area contributed by atoms with Crippen LogP contribution in [0.5, 0.6) is 0 Å². The van der Waals surface area contributed by atoms with Crippen LogP contribution in [0.4, 0.5) is 0 Å². The monoisotopic (exact) mass is 259 g/mol. The smallest absolute Gasteiger partial charge is 0.222 e. The first-order chi connectivity index (χ1) is 8.33. The van der Waals surface area contributed by atoms with Crippen LogP contribution < -0.4 is 0 Å². The highest BCUT2D eigenvalue weighted by molar-refractivity contribution is 6.17. The van der Waals surface area contributed by atoms with E-state index < -0.39 is 0 Å². The van der Waals surface area contributed by atoms with Gasteiger partial charge in [0.25, 0.3) is 0 Å². The molecule has 0 aromatic carbocycles. The summed E-state index contributed by atoms with van der Waals surface area (Å²) in [6, 6.07) is 0.332. The Bertz CT molecular complexity index is 254. The summed E-state index contributed by atoms with van der Waals surface area (Å²) in [6.45, 7) is 1.77. The third kappa shape index (κ3) is 3.35. The molecule has 2 heterocycles. The van der Waals surface area contributed by atoms with E-state index in [4.69, 9.17) is 16.3 Å². The summed E-state index contributed by atoms with van der Waals surface area (Å²) in [5.41, 5.74) is 0. The third-order valence-electron chi connectivity index (χ3n) is 3.79. The van der Waals surface area contributed by atoms with Crippen LogP contribution in [0.25, 0.3) is 0 Å². The number of carbonyl (C=O) groups excluding carboxylic acids is 1. The second kappa shape index (κ2) is 6.60. The molecule has 1 amide bonds. The van der Waals surface area contributed by atoms with Crippen LogP contribution in [0, 0.1) is 0 Å². The Hall–Kier alpha value is -0.280. The molecule has 4 heteroatoms. The van der Waals surface area contributed by atoms with Crippen molar-refractivity contribution >= 4 is 17.5 Å². The van der Waals surface area contributed by atoms with E-state index in [0.29, 0.717) is 18.3 Å². The molecule has 0 saturated carbocycles. The molecule has 2 fully saturated rings. The average Bonchev–Trinajstić information content (AvgIpc) is 2.86. The lowest BCUT2D eigenvalue weighted by Gasteiger charge is -2.34. The molecule has 0 spiro atoms. The highest BCUT2D eigenvalue weighted by atomic mass is 35.5. The predicted octanol–water partition coefficient (Wildman–Crippen LogP) is 2.57. The number of rotatable bonds is 4. The van der Waals surface area contributed by atoms with E-state index in [-0.39, 0.29) is 12.0 Å². The first kappa shape index (κ1) is 13.2. The first-order valence-corrected chi connectivity index (χ1v) is 7.33. The van der Waals surface area contributed by atoms with Gasteiger partial charge in [-0.3, -0.25) is 4.79 Å². The average molecular weight is 260 g/mol. The number of carbonyl (C=O) groups is 1. The van der Waals surface area contributed by atoms with Crippen molar-refractivity contribution in [2.75, 3.05) is 19.0 Å². The summed E-state index contributed by atoms with van der Waals surface area (Å²) in [5, 5.41) is 0. The molecule has 17 heavy (non-hydrogen) atoms. The van der Waals surface area contributed by atoms with Gasteiger partial charge in [0.1, 0.15) is 0 Å². The van der Waals surface area contributed by atoms with Gasteiger partial charge < -0.3 is 9.64 Å². The zero-order valence-electron chi connectivity index (χ0n) is 10.4. The van der Waals surface area contributed by atoms with E-state index in [1.165, 1.54) is 12.8 Å². The molecule has 98 valence electrons. The summed E-state index contributed by atoms with van der Waals surface area (Å²) in [6.07, 6.45) is 7.42. The second-order valence-corrected chi connectivity index (χ2v) is 5.37. The maximum absolute atomic E-state index is 12.1. The predicted molar refractivity (Wildman–Crippen MR) is 68.3 cm³/mol. The highest BCUT2D eigenvalue weighted by Crippen LogP contribution is 2.28. The van der Waals surface area contributed by atoms with Crippen LogP contribution >= 0.6 is 11.6 Å². The van der Waals surface area contributed by atoms with Gasteiger partial charge in [-0.05, 0) is 38.5 Å². The second-order valence-electron chi connectivity index (χ2n) is 4.99. The van der Waals surface area contributed by atoms with E-state index >= 15 is 0 Å². The number of hydrogen-bond acceptors (Lipinski definition) is 2. The molecule has 0 N–H and O–H groups in total. The Labute approximate surface area is 108 Å². The molecular weight excluding hydrogens is 238 g/mol. The van der Waals surface area contributed by atoms with Gasteiger partial charge in [0, 0.05) is 25.5 Å². The van der Waals surface area contributed by atoms with Gasteiger partial charge in [-0.15, -0.1) is 11.6 Å². The fourth-order valence-electron chi connectivity index (χ4n) is 2.92. The standard InChI is InChI=1S/C13H22ClNO2/c14-8-3-7-13(16)15-9-4-5-11(15)12-6-1-2-10-17-12/h11-12H,1-10H2. The molecule has 0 bridgehead atoms. The molecule has 2 aliphatic rings. The number of alkyl halides is 1. The number of ether oxygens (including phenoxy) is 1. The van der Waals surface area contributed by atoms with E-state index in [1.54, 1.807) is 0 Å². The molecule has 2 saturated heterocycles. The van der Waals surface area contributed by atoms with Gasteiger partial charge in [0.05, 0.1) is 12.1 Å². The quantitative estimate of drug-likeness (QED) is 0.727. The van der Waals surface area contributed by atoms with Gasteiger partial charge in [0.15, 0.2) is 0 Å². The largest absolute Gasteiger partial charge is 0.376 e. The van der Waals surface area contributed by atoms with Crippen molar-refractivity contribution in [3.05, 3.63) is 0 Å². The van der Waals surface area contributed by atoms with E-state index in [2.05, 4.69) is 0 Å². The van der Waals surface area contributed by atoms with Crippen molar-refractivity contribution in [2.24, 2.45) is 0 Å². The van der Waals surface area contributed by atoms with E-state index in [1.807, 2.05) is 4.90 Å². The lowest BCUT2D eigenvalue weighted by Crippen LogP contribution is -2.45. The van der Waals surface area contributed by atoms with E-state index in [9.17, 15) is 4.79 Å². The van der Waals surface area contributed by atoms with Crippen molar-refractivity contribution in [1.29, 1.82) is 0 Å². The first-order valence-electron chi connectivity index (χ1n) is 6.80. The maximum atomic E-state index is 12.1. The summed E-state index contributed by atoms with van der Waals surface area (Å²) in [4.78, 5) is 14.1. The Kier molecular flexibility index (Phi) is 5.11. The Morgan fingerprint density at radius 1 is 1.29 bits per heavy atom. The summed E-state index contributed by atoms with van der Waals surface area (Å²) >= 11 is 5.64. The Morgan fingerprint density at radius 3 is 2.88 bits per heavy atom. The molecule has 2 aliphatic heterocycles. The van der Waals surface area contributed by atoms with Crippen LogP contribution in [0.3, 0.4) is 0 Å². The Morgan fingerprint density at radius 2 is 2.18 bits per heavy atom. The van der Waals surface area contributed by atoms with Crippen LogP contribution in [0.1, 0.15) is 44.9 Å². The van der Waals surface area contributed by atoms with Gasteiger partial charge in [-0.1, -0.05) is 0 Å². The van der Waals surface area contributed by atoms with Gasteiger partial charge in [-0.25, -0.2) is 0 Å². The van der Waals surface area contributed by atoms with Crippen molar-refractivity contribution < 1.29 is 9.53 Å². The molecule has 3 nitrogen and oxygen atoms in total. The summed E-state index contributed by atoms with van der Waals surface area (Å²) in [7, 11) is 0. The number of likely N-dealkylation sites (tertiary alicyclic amines) is 1. The van der Waals surface area contributed by atoms with Gasteiger partial charge >= 0.3 is 0 Å². The van der Waals surface area contributed by atoms with Crippen molar-refractivity contribution in [3.8, 4) is 0 Å². The fraction of sp³-hybridized carbons (Fsp3) is 0.923. The van der Waals surface area contributed by atoms with Crippen LogP contribution in [-0.2, 0) is 9.53 Å². The summed E-state index contributed by atoms with van der Waals surface area (Å²) in [5.74, 6) is 0.840. The van der Waals surface area contributed by atoms with Crippen LogP contribution in [0.2, 0.25) is 0 Å². The molecule has 2 unspecified atom stereocenters. The molecule has 0 aromatic rings. The number of hydrogen-bond donors (Lipinski definition) is 0. The van der Waals surface area contributed by atoms with Gasteiger partial charge in [0.2, 0.25) is 5.91 Å². The minimum Gasteiger partial charge on any atom is -0.376 e. The SMILES string of the molecule is O=C(CCCCl)N1CCCC1C1CCCCO1. The fourth-order valence-corrected chi connectivity index (χ4v) is 3.05.